The molecule has 0 aliphatic heterocycles. The van der Waals surface area contributed by atoms with Crippen molar-refractivity contribution in [3.05, 3.63) is 64.1 Å². The summed E-state index contributed by atoms with van der Waals surface area (Å²) in [4.78, 5) is 12.5. The topological polar surface area (TPSA) is 39.4 Å². The van der Waals surface area contributed by atoms with E-state index in [1.807, 2.05) is 12.1 Å². The van der Waals surface area contributed by atoms with Gasteiger partial charge in [-0.05, 0) is 40.2 Å². The van der Waals surface area contributed by atoms with Crippen LogP contribution in [0.3, 0.4) is 0 Å². The van der Waals surface area contributed by atoms with E-state index in [2.05, 4.69) is 15.9 Å². The number of hydrogen-bond donors (Lipinski definition) is 0. The van der Waals surface area contributed by atoms with E-state index in [4.69, 9.17) is 9.15 Å². The average Bonchev–Trinajstić information content (AvgIpc) is 2.92. The minimum atomic E-state index is -0.652. The van der Waals surface area contributed by atoms with Gasteiger partial charge < -0.3 is 9.15 Å². The number of rotatable bonds is 3. The van der Waals surface area contributed by atoms with Crippen LogP contribution in [0, 0.1) is 5.82 Å². The van der Waals surface area contributed by atoms with Crippen molar-refractivity contribution in [3.8, 4) is 5.75 Å². The largest absolute Gasteiger partial charge is 0.495 e. The molecular weight excluding hydrogens is 339 g/mol. The summed E-state index contributed by atoms with van der Waals surface area (Å²) in [5.74, 6) is -0.977. The molecule has 0 bridgehead atoms. The smallest absolute Gasteiger partial charge is 0.234 e. The minimum absolute atomic E-state index is 0.0755. The van der Waals surface area contributed by atoms with Crippen molar-refractivity contribution in [1.82, 2.24) is 0 Å². The molecule has 2 aromatic carbocycles. The van der Waals surface area contributed by atoms with E-state index in [9.17, 15) is 9.18 Å². The van der Waals surface area contributed by atoms with Crippen molar-refractivity contribution >= 4 is 32.7 Å². The van der Waals surface area contributed by atoms with Gasteiger partial charge in [0.25, 0.3) is 0 Å². The van der Waals surface area contributed by atoms with Gasteiger partial charge in [-0.2, -0.15) is 0 Å². The summed E-state index contributed by atoms with van der Waals surface area (Å²) >= 11 is 3.24. The Morgan fingerprint density at radius 3 is 2.71 bits per heavy atom. The number of carbonyl (C=O) groups excluding carboxylic acids is 1. The molecule has 0 fully saturated rings. The van der Waals surface area contributed by atoms with Gasteiger partial charge in [-0.1, -0.05) is 18.2 Å². The summed E-state index contributed by atoms with van der Waals surface area (Å²) in [6.45, 7) is 0. The van der Waals surface area contributed by atoms with Gasteiger partial charge in [0.15, 0.2) is 5.76 Å². The fourth-order valence-corrected chi connectivity index (χ4v) is 2.65. The molecule has 1 heterocycles. The molecule has 3 nitrogen and oxygen atoms in total. The molecule has 0 N–H and O–H groups in total. The normalized spacial score (nSPS) is 10.8. The van der Waals surface area contributed by atoms with Gasteiger partial charge in [0.2, 0.25) is 5.78 Å². The van der Waals surface area contributed by atoms with Crippen LogP contribution < -0.4 is 4.74 Å². The third-order valence-corrected chi connectivity index (χ3v) is 3.76. The highest BCUT2D eigenvalue weighted by Gasteiger charge is 2.24. The molecule has 0 radical (unpaired) electrons. The fourth-order valence-electron chi connectivity index (χ4n) is 2.16. The van der Waals surface area contributed by atoms with Crippen LogP contribution in [0.5, 0.6) is 5.75 Å². The van der Waals surface area contributed by atoms with E-state index in [1.165, 1.54) is 19.2 Å². The molecule has 106 valence electrons. The summed E-state index contributed by atoms with van der Waals surface area (Å²) in [6.07, 6.45) is 0. The highest BCUT2D eigenvalue weighted by molar-refractivity contribution is 9.10. The van der Waals surface area contributed by atoms with Crippen LogP contribution in [0.4, 0.5) is 4.39 Å². The molecule has 5 heteroatoms. The summed E-state index contributed by atoms with van der Waals surface area (Å²) in [6, 6.07) is 11.5. The van der Waals surface area contributed by atoms with Crippen molar-refractivity contribution in [2.24, 2.45) is 0 Å². The van der Waals surface area contributed by atoms with E-state index in [1.54, 1.807) is 18.2 Å². The first-order valence-corrected chi connectivity index (χ1v) is 6.96. The third-order valence-electron chi connectivity index (χ3n) is 3.14. The van der Waals surface area contributed by atoms with Gasteiger partial charge in [0, 0.05) is 5.39 Å². The van der Waals surface area contributed by atoms with E-state index in [0.717, 1.165) is 5.39 Å². The van der Waals surface area contributed by atoms with Crippen LogP contribution in [0.15, 0.2) is 51.4 Å². The maximum atomic E-state index is 14.0. The molecule has 0 spiro atoms. The molecule has 0 atom stereocenters. The van der Waals surface area contributed by atoms with Crippen molar-refractivity contribution < 1.29 is 18.3 Å². The summed E-state index contributed by atoms with van der Waals surface area (Å²) in [5.41, 5.74) is 0.432. The zero-order valence-electron chi connectivity index (χ0n) is 11.0. The summed E-state index contributed by atoms with van der Waals surface area (Å²) < 4.78 is 25.2. The molecule has 3 aromatic rings. The Balaban J connectivity index is 2.16. The number of ether oxygens (including phenoxy) is 1. The van der Waals surface area contributed by atoms with Gasteiger partial charge in [0.1, 0.15) is 22.7 Å². The SMILES string of the molecule is COc1c(Br)ccc(F)c1C(=O)c1cc2ccccc2o1. The molecule has 1 aromatic heterocycles. The van der Waals surface area contributed by atoms with Crippen molar-refractivity contribution in [1.29, 1.82) is 0 Å². The van der Waals surface area contributed by atoms with E-state index in [-0.39, 0.29) is 17.1 Å². The Kier molecular flexibility index (Phi) is 3.51. The lowest BCUT2D eigenvalue weighted by molar-refractivity contribution is 0.100. The van der Waals surface area contributed by atoms with Gasteiger partial charge in [-0.3, -0.25) is 4.79 Å². The highest BCUT2D eigenvalue weighted by atomic mass is 79.9. The third kappa shape index (κ3) is 2.34. The number of hydrogen-bond acceptors (Lipinski definition) is 3. The molecule has 0 amide bonds. The van der Waals surface area contributed by atoms with Crippen molar-refractivity contribution in [2.45, 2.75) is 0 Å². The molecule has 21 heavy (non-hydrogen) atoms. The predicted octanol–water partition coefficient (Wildman–Crippen LogP) is 4.57. The Labute approximate surface area is 128 Å². The molecule has 0 unspecified atom stereocenters. The first-order valence-electron chi connectivity index (χ1n) is 6.17. The molecular formula is C16H10BrFO3. The molecule has 0 aliphatic carbocycles. The maximum Gasteiger partial charge on any atom is 0.234 e. The zero-order chi connectivity index (χ0) is 15.0. The van der Waals surface area contributed by atoms with Gasteiger partial charge in [-0.15, -0.1) is 0 Å². The molecule has 0 aliphatic rings. The van der Waals surface area contributed by atoms with Crippen LogP contribution in [0.25, 0.3) is 11.0 Å². The van der Waals surface area contributed by atoms with Crippen LogP contribution in [-0.2, 0) is 0 Å². The first kappa shape index (κ1) is 13.8. The Morgan fingerprint density at radius 1 is 1.24 bits per heavy atom. The lowest BCUT2D eigenvalue weighted by atomic mass is 10.1. The van der Waals surface area contributed by atoms with Gasteiger partial charge in [0.05, 0.1) is 11.6 Å². The lowest BCUT2D eigenvalue weighted by Crippen LogP contribution is -2.06. The average molecular weight is 349 g/mol. The Morgan fingerprint density at radius 2 is 2.00 bits per heavy atom. The Hall–Kier alpha value is -2.14. The minimum Gasteiger partial charge on any atom is -0.495 e. The highest BCUT2D eigenvalue weighted by Crippen LogP contribution is 2.33. The van der Waals surface area contributed by atoms with Crippen LogP contribution in [0.1, 0.15) is 16.1 Å². The van der Waals surface area contributed by atoms with Crippen LogP contribution in [0.2, 0.25) is 0 Å². The van der Waals surface area contributed by atoms with Crippen LogP contribution >= 0.6 is 15.9 Å². The van der Waals surface area contributed by atoms with Gasteiger partial charge in [-0.25, -0.2) is 4.39 Å². The zero-order valence-corrected chi connectivity index (χ0v) is 12.6. The van der Waals surface area contributed by atoms with Gasteiger partial charge >= 0.3 is 0 Å². The standard InChI is InChI=1S/C16H10BrFO3/c1-20-16-10(17)6-7-11(18)14(16)15(19)13-8-9-4-2-3-5-12(9)21-13/h2-8H,1H3. The number of ketones is 1. The number of para-hydroxylation sites is 1. The van der Waals surface area contributed by atoms with E-state index < -0.39 is 11.6 Å². The lowest BCUT2D eigenvalue weighted by Gasteiger charge is -2.09. The maximum absolute atomic E-state index is 14.0. The van der Waals surface area contributed by atoms with E-state index in [0.29, 0.717) is 10.1 Å². The summed E-state index contributed by atoms with van der Waals surface area (Å²) in [5, 5.41) is 0.787. The monoisotopic (exact) mass is 348 g/mol. The number of carbonyl (C=O) groups is 1. The second-order valence-electron chi connectivity index (χ2n) is 4.42. The van der Waals surface area contributed by atoms with E-state index >= 15 is 0 Å². The second-order valence-corrected chi connectivity index (χ2v) is 5.27. The number of fused-ring (bicyclic) bond motifs is 1. The predicted molar refractivity (Wildman–Crippen MR) is 80.3 cm³/mol. The fraction of sp³-hybridized carbons (Fsp3) is 0.0625. The number of halogens is 2. The first-order chi connectivity index (χ1) is 10.1. The summed E-state index contributed by atoms with van der Waals surface area (Å²) in [7, 11) is 1.38. The van der Waals surface area contributed by atoms with Crippen molar-refractivity contribution in [2.75, 3.05) is 7.11 Å². The quantitative estimate of drug-likeness (QED) is 0.650. The second kappa shape index (κ2) is 5.33. The van der Waals surface area contributed by atoms with Crippen molar-refractivity contribution in [3.63, 3.8) is 0 Å². The van der Waals surface area contributed by atoms with Crippen LogP contribution in [-0.4, -0.2) is 12.9 Å². The molecule has 0 saturated carbocycles. The molecule has 3 rings (SSSR count). The number of benzene rings is 2. The number of methoxy groups -OCH3 is 1. The Bertz CT molecular complexity index is 806. The number of furan rings is 1. The molecule has 0 saturated heterocycles.